The maximum Gasteiger partial charge on any atom is 0.315 e. The number of carbonyl (C=O) groups excluding carboxylic acids is 2. The van der Waals surface area contributed by atoms with Crippen molar-refractivity contribution in [1.82, 2.24) is 10.6 Å². The van der Waals surface area contributed by atoms with Crippen LogP contribution in [-0.4, -0.2) is 31.2 Å². The van der Waals surface area contributed by atoms with E-state index in [4.69, 9.17) is 4.74 Å². The van der Waals surface area contributed by atoms with E-state index in [-0.39, 0.29) is 30.6 Å². The molecule has 0 aliphatic carbocycles. The van der Waals surface area contributed by atoms with Crippen LogP contribution in [0.3, 0.4) is 0 Å². The Bertz CT molecular complexity index is 714. The lowest BCUT2D eigenvalue weighted by Gasteiger charge is -2.14. The average Bonchev–Trinajstić information content (AvgIpc) is 2.97. The van der Waals surface area contributed by atoms with Gasteiger partial charge < -0.3 is 15.4 Å². The van der Waals surface area contributed by atoms with Gasteiger partial charge >= 0.3 is 12.0 Å². The van der Waals surface area contributed by atoms with Crippen LogP contribution in [-0.2, 0) is 9.53 Å². The zero-order chi connectivity index (χ0) is 15.5. The van der Waals surface area contributed by atoms with Crippen molar-refractivity contribution in [2.45, 2.75) is 18.9 Å². The molecule has 1 fully saturated rings. The fourth-order valence-electron chi connectivity index (χ4n) is 2.52. The number of amides is 2. The van der Waals surface area contributed by atoms with Crippen LogP contribution in [0, 0.1) is 0 Å². The SMILES string of the molecule is CC(C(=O)OC[C@@H]1CNC(=O)N1)c1ccc2ccccc2c1. The largest absolute Gasteiger partial charge is 0.463 e. The first-order valence-electron chi connectivity index (χ1n) is 7.33. The molecule has 0 spiro atoms. The number of nitrogens with one attached hydrogen (secondary N) is 2. The Hall–Kier alpha value is -2.56. The number of rotatable bonds is 4. The number of hydrogen-bond acceptors (Lipinski definition) is 3. The Balaban J connectivity index is 1.64. The Labute approximate surface area is 128 Å². The second-order valence-corrected chi connectivity index (χ2v) is 5.51. The van der Waals surface area contributed by atoms with E-state index < -0.39 is 0 Å². The Morgan fingerprint density at radius 2 is 2.05 bits per heavy atom. The monoisotopic (exact) mass is 298 g/mol. The number of carbonyl (C=O) groups is 2. The van der Waals surface area contributed by atoms with Crippen LogP contribution in [0.2, 0.25) is 0 Å². The number of benzene rings is 2. The number of urea groups is 1. The third-order valence-corrected chi connectivity index (χ3v) is 3.90. The molecule has 3 rings (SSSR count). The molecule has 0 aromatic heterocycles. The predicted octanol–water partition coefficient (Wildman–Crippen LogP) is 2.17. The molecule has 1 heterocycles. The van der Waals surface area contributed by atoms with Crippen molar-refractivity contribution >= 4 is 22.8 Å². The van der Waals surface area contributed by atoms with Gasteiger partial charge in [0.05, 0.1) is 12.0 Å². The Kier molecular flexibility index (Phi) is 3.96. The molecule has 5 heteroatoms. The summed E-state index contributed by atoms with van der Waals surface area (Å²) in [7, 11) is 0. The third kappa shape index (κ3) is 3.03. The van der Waals surface area contributed by atoms with Crippen LogP contribution in [0.1, 0.15) is 18.4 Å². The molecule has 5 nitrogen and oxygen atoms in total. The highest BCUT2D eigenvalue weighted by Gasteiger charge is 2.23. The van der Waals surface area contributed by atoms with E-state index in [9.17, 15) is 9.59 Å². The van der Waals surface area contributed by atoms with Gasteiger partial charge in [-0.2, -0.15) is 0 Å². The number of fused-ring (bicyclic) bond motifs is 1. The minimum atomic E-state index is -0.338. The molecule has 0 saturated carbocycles. The molecule has 2 atom stereocenters. The molecule has 2 N–H and O–H groups in total. The van der Waals surface area contributed by atoms with E-state index in [1.165, 1.54) is 0 Å². The molecule has 0 radical (unpaired) electrons. The van der Waals surface area contributed by atoms with Gasteiger partial charge in [-0.05, 0) is 23.3 Å². The van der Waals surface area contributed by atoms with Gasteiger partial charge in [-0.25, -0.2) is 4.79 Å². The minimum absolute atomic E-state index is 0.153. The molecule has 0 bridgehead atoms. The van der Waals surface area contributed by atoms with E-state index in [0.717, 1.165) is 16.3 Å². The first-order chi connectivity index (χ1) is 10.6. The predicted molar refractivity (Wildman–Crippen MR) is 83.6 cm³/mol. The Morgan fingerprint density at radius 1 is 1.27 bits per heavy atom. The van der Waals surface area contributed by atoms with Crippen molar-refractivity contribution < 1.29 is 14.3 Å². The second-order valence-electron chi connectivity index (χ2n) is 5.51. The summed E-state index contributed by atoms with van der Waals surface area (Å²) >= 11 is 0. The van der Waals surface area contributed by atoms with Crippen molar-refractivity contribution in [3.63, 3.8) is 0 Å². The molecule has 2 aromatic rings. The zero-order valence-electron chi connectivity index (χ0n) is 12.3. The lowest BCUT2D eigenvalue weighted by molar-refractivity contribution is -0.145. The highest BCUT2D eigenvalue weighted by Crippen LogP contribution is 2.22. The van der Waals surface area contributed by atoms with E-state index in [2.05, 4.69) is 10.6 Å². The van der Waals surface area contributed by atoms with Crippen molar-refractivity contribution in [2.24, 2.45) is 0 Å². The quantitative estimate of drug-likeness (QED) is 0.850. The highest BCUT2D eigenvalue weighted by molar-refractivity contribution is 5.85. The van der Waals surface area contributed by atoms with E-state index in [0.29, 0.717) is 6.54 Å². The summed E-state index contributed by atoms with van der Waals surface area (Å²) in [4.78, 5) is 23.2. The maximum absolute atomic E-state index is 12.2. The fourth-order valence-corrected chi connectivity index (χ4v) is 2.52. The first-order valence-corrected chi connectivity index (χ1v) is 7.33. The van der Waals surface area contributed by atoms with Crippen LogP contribution < -0.4 is 10.6 Å². The summed E-state index contributed by atoms with van der Waals surface area (Å²) in [6, 6.07) is 13.6. The van der Waals surface area contributed by atoms with Crippen molar-refractivity contribution in [3.05, 3.63) is 48.0 Å². The van der Waals surface area contributed by atoms with Gasteiger partial charge in [0.1, 0.15) is 6.61 Å². The van der Waals surface area contributed by atoms with E-state index >= 15 is 0 Å². The molecular weight excluding hydrogens is 280 g/mol. The lowest BCUT2D eigenvalue weighted by atomic mass is 9.98. The summed E-state index contributed by atoms with van der Waals surface area (Å²) in [5.74, 6) is -0.619. The lowest BCUT2D eigenvalue weighted by Crippen LogP contribution is -2.32. The molecule has 1 aliphatic heterocycles. The summed E-state index contributed by atoms with van der Waals surface area (Å²) < 4.78 is 5.31. The summed E-state index contributed by atoms with van der Waals surface area (Å²) in [5.41, 5.74) is 0.928. The van der Waals surface area contributed by atoms with Crippen molar-refractivity contribution in [3.8, 4) is 0 Å². The molecule has 114 valence electrons. The average molecular weight is 298 g/mol. The van der Waals surface area contributed by atoms with Gasteiger partial charge in [0.15, 0.2) is 0 Å². The first kappa shape index (κ1) is 14.4. The molecule has 2 amide bonds. The standard InChI is InChI=1S/C17H18N2O3/c1-11(16(20)22-10-15-9-18-17(21)19-15)13-7-6-12-4-2-3-5-14(12)8-13/h2-8,11,15H,9-10H2,1H3,(H2,18,19,21)/t11?,15-/m0/s1. The van der Waals surface area contributed by atoms with Crippen LogP contribution in [0.5, 0.6) is 0 Å². The zero-order valence-corrected chi connectivity index (χ0v) is 12.3. The Morgan fingerprint density at radius 3 is 2.77 bits per heavy atom. The van der Waals surface area contributed by atoms with Gasteiger partial charge in [-0.1, -0.05) is 42.5 Å². The van der Waals surface area contributed by atoms with Crippen LogP contribution in [0.4, 0.5) is 4.79 Å². The normalized spacial score (nSPS) is 18.6. The van der Waals surface area contributed by atoms with Crippen LogP contribution in [0.15, 0.2) is 42.5 Å². The fraction of sp³-hybridized carbons (Fsp3) is 0.294. The summed E-state index contributed by atoms with van der Waals surface area (Å²) in [6.45, 7) is 2.50. The summed E-state index contributed by atoms with van der Waals surface area (Å²) in [6.07, 6.45) is 0. The topological polar surface area (TPSA) is 67.4 Å². The smallest absolute Gasteiger partial charge is 0.315 e. The van der Waals surface area contributed by atoms with Crippen molar-refractivity contribution in [1.29, 1.82) is 0 Å². The van der Waals surface area contributed by atoms with E-state index in [1.807, 2.05) is 49.4 Å². The molecule has 1 saturated heterocycles. The molecular formula is C17H18N2O3. The van der Waals surface area contributed by atoms with Crippen LogP contribution in [0.25, 0.3) is 10.8 Å². The van der Waals surface area contributed by atoms with Gasteiger partial charge in [-0.15, -0.1) is 0 Å². The minimum Gasteiger partial charge on any atom is -0.463 e. The van der Waals surface area contributed by atoms with Crippen molar-refractivity contribution in [2.75, 3.05) is 13.2 Å². The molecule has 22 heavy (non-hydrogen) atoms. The number of esters is 1. The molecule has 1 unspecified atom stereocenters. The molecule has 1 aliphatic rings. The van der Waals surface area contributed by atoms with Gasteiger partial charge in [0.25, 0.3) is 0 Å². The van der Waals surface area contributed by atoms with Gasteiger partial charge in [0, 0.05) is 6.54 Å². The number of ether oxygens (including phenoxy) is 1. The van der Waals surface area contributed by atoms with Gasteiger partial charge in [-0.3, -0.25) is 4.79 Å². The second kappa shape index (κ2) is 6.05. The maximum atomic E-state index is 12.2. The summed E-state index contributed by atoms with van der Waals surface area (Å²) in [5, 5.41) is 7.57. The third-order valence-electron chi connectivity index (χ3n) is 3.90. The highest BCUT2D eigenvalue weighted by atomic mass is 16.5. The van der Waals surface area contributed by atoms with Gasteiger partial charge in [0.2, 0.25) is 0 Å². The van der Waals surface area contributed by atoms with E-state index in [1.54, 1.807) is 0 Å². The molecule has 2 aromatic carbocycles. The number of hydrogen-bond donors (Lipinski definition) is 2. The van der Waals surface area contributed by atoms with Crippen LogP contribution >= 0.6 is 0 Å².